The number of piperazine rings is 1. The van der Waals surface area contributed by atoms with Crippen molar-refractivity contribution in [1.82, 2.24) is 20.4 Å². The zero-order valence-corrected chi connectivity index (χ0v) is 11.2. The quantitative estimate of drug-likeness (QED) is 0.862. The molecule has 0 aliphatic carbocycles. The van der Waals surface area contributed by atoms with Crippen LogP contribution >= 0.6 is 0 Å². The largest absolute Gasteiger partial charge is 0.339 e. The summed E-state index contributed by atoms with van der Waals surface area (Å²) < 4.78 is 5.23. The van der Waals surface area contributed by atoms with E-state index in [9.17, 15) is 0 Å². The van der Waals surface area contributed by atoms with Gasteiger partial charge in [0.1, 0.15) is 0 Å². The molecule has 2 heterocycles. The molecule has 1 aromatic heterocycles. The van der Waals surface area contributed by atoms with Gasteiger partial charge < -0.3 is 9.84 Å². The van der Waals surface area contributed by atoms with Crippen molar-refractivity contribution >= 4 is 0 Å². The van der Waals surface area contributed by atoms with E-state index in [0.29, 0.717) is 5.92 Å². The lowest BCUT2D eigenvalue weighted by molar-refractivity contribution is 0.0791. The predicted molar refractivity (Wildman–Crippen MR) is 65.7 cm³/mol. The molecule has 0 aromatic carbocycles. The van der Waals surface area contributed by atoms with Crippen molar-refractivity contribution in [2.75, 3.05) is 19.6 Å². The fourth-order valence-corrected chi connectivity index (χ4v) is 2.05. The maximum Gasteiger partial charge on any atom is 0.229 e. The molecule has 1 aliphatic rings. The normalized spacial score (nSPS) is 21.0. The number of hydrogen-bond donors (Lipinski definition) is 1. The molecule has 1 aliphatic heterocycles. The van der Waals surface area contributed by atoms with Crippen molar-refractivity contribution in [2.24, 2.45) is 0 Å². The minimum absolute atomic E-state index is 0.150. The summed E-state index contributed by atoms with van der Waals surface area (Å²) in [6, 6.07) is 0. The Hall–Kier alpha value is -0.940. The van der Waals surface area contributed by atoms with Gasteiger partial charge in [-0.3, -0.25) is 4.90 Å². The number of rotatable bonds is 3. The van der Waals surface area contributed by atoms with Gasteiger partial charge in [0.25, 0.3) is 0 Å². The van der Waals surface area contributed by atoms with E-state index in [4.69, 9.17) is 4.52 Å². The highest BCUT2D eigenvalue weighted by atomic mass is 16.5. The second-order valence-corrected chi connectivity index (χ2v) is 5.61. The summed E-state index contributed by atoms with van der Waals surface area (Å²) in [6.07, 6.45) is 0. The SMILES string of the molecule is CC(C)c1nc(CN2CCNCC2(C)C)no1. The zero-order chi connectivity index (χ0) is 12.5. The van der Waals surface area contributed by atoms with E-state index >= 15 is 0 Å². The summed E-state index contributed by atoms with van der Waals surface area (Å²) in [4.78, 5) is 6.83. The third kappa shape index (κ3) is 2.84. The van der Waals surface area contributed by atoms with E-state index in [1.807, 2.05) is 0 Å². The molecule has 0 saturated carbocycles. The molecule has 1 saturated heterocycles. The minimum Gasteiger partial charge on any atom is -0.339 e. The first kappa shape index (κ1) is 12.5. The van der Waals surface area contributed by atoms with Crippen molar-refractivity contribution in [3.05, 3.63) is 11.7 Å². The first-order valence-corrected chi connectivity index (χ1v) is 6.27. The average molecular weight is 238 g/mol. The Morgan fingerprint density at radius 2 is 2.24 bits per heavy atom. The van der Waals surface area contributed by atoms with Crippen LogP contribution in [0.1, 0.15) is 45.3 Å². The number of aromatic nitrogens is 2. The van der Waals surface area contributed by atoms with Crippen LogP contribution in [0.15, 0.2) is 4.52 Å². The highest BCUT2D eigenvalue weighted by Gasteiger charge is 2.30. The highest BCUT2D eigenvalue weighted by molar-refractivity contribution is 4.95. The van der Waals surface area contributed by atoms with Crippen LogP contribution in [0.25, 0.3) is 0 Å². The molecule has 2 rings (SSSR count). The van der Waals surface area contributed by atoms with Crippen molar-refractivity contribution in [3.8, 4) is 0 Å². The molecule has 0 spiro atoms. The Labute approximate surface area is 103 Å². The molecular formula is C12H22N4O. The van der Waals surface area contributed by atoms with E-state index in [1.54, 1.807) is 0 Å². The molecule has 5 nitrogen and oxygen atoms in total. The van der Waals surface area contributed by atoms with Crippen LogP contribution in [0.5, 0.6) is 0 Å². The van der Waals surface area contributed by atoms with Gasteiger partial charge in [0.15, 0.2) is 5.82 Å². The maximum absolute atomic E-state index is 5.23. The van der Waals surface area contributed by atoms with Gasteiger partial charge in [0, 0.05) is 31.1 Å². The van der Waals surface area contributed by atoms with Gasteiger partial charge in [-0.2, -0.15) is 4.98 Å². The number of nitrogens with zero attached hydrogens (tertiary/aromatic N) is 3. The Balaban J connectivity index is 2.04. The molecule has 5 heteroatoms. The molecular weight excluding hydrogens is 216 g/mol. The molecule has 17 heavy (non-hydrogen) atoms. The molecule has 96 valence electrons. The Bertz CT molecular complexity index is 372. The fraction of sp³-hybridized carbons (Fsp3) is 0.833. The van der Waals surface area contributed by atoms with Gasteiger partial charge in [-0.1, -0.05) is 19.0 Å². The van der Waals surface area contributed by atoms with Crippen LogP contribution in [-0.2, 0) is 6.54 Å². The standard InChI is InChI=1S/C12H22N4O/c1-9(2)11-14-10(15-17-11)7-16-6-5-13-8-12(16,3)4/h9,13H,5-8H2,1-4H3. The summed E-state index contributed by atoms with van der Waals surface area (Å²) in [6.45, 7) is 12.4. The summed E-state index contributed by atoms with van der Waals surface area (Å²) in [7, 11) is 0. The highest BCUT2D eigenvalue weighted by Crippen LogP contribution is 2.19. The molecule has 0 unspecified atom stereocenters. The van der Waals surface area contributed by atoms with Crippen LogP contribution in [0, 0.1) is 0 Å². The second-order valence-electron chi connectivity index (χ2n) is 5.61. The summed E-state index contributed by atoms with van der Waals surface area (Å²) in [5.41, 5.74) is 0.150. The third-order valence-electron chi connectivity index (χ3n) is 3.28. The van der Waals surface area contributed by atoms with E-state index < -0.39 is 0 Å². The van der Waals surface area contributed by atoms with E-state index in [0.717, 1.165) is 37.9 Å². The van der Waals surface area contributed by atoms with Crippen LogP contribution in [0.4, 0.5) is 0 Å². The van der Waals surface area contributed by atoms with Gasteiger partial charge in [-0.25, -0.2) is 0 Å². The Morgan fingerprint density at radius 1 is 1.47 bits per heavy atom. The first-order valence-electron chi connectivity index (χ1n) is 6.27. The first-order chi connectivity index (χ1) is 7.99. The summed E-state index contributed by atoms with van der Waals surface area (Å²) >= 11 is 0. The molecule has 0 amide bonds. The van der Waals surface area contributed by atoms with Crippen molar-refractivity contribution < 1.29 is 4.52 Å². The van der Waals surface area contributed by atoms with Crippen LogP contribution in [0.2, 0.25) is 0 Å². The predicted octanol–water partition coefficient (Wildman–Crippen LogP) is 1.38. The molecule has 0 atom stereocenters. The molecule has 1 aromatic rings. The van der Waals surface area contributed by atoms with Crippen molar-refractivity contribution in [3.63, 3.8) is 0 Å². The van der Waals surface area contributed by atoms with Gasteiger partial charge in [0.2, 0.25) is 5.89 Å². The minimum atomic E-state index is 0.150. The smallest absolute Gasteiger partial charge is 0.229 e. The third-order valence-corrected chi connectivity index (χ3v) is 3.28. The van der Waals surface area contributed by atoms with Gasteiger partial charge in [-0.05, 0) is 13.8 Å². The number of hydrogen-bond acceptors (Lipinski definition) is 5. The van der Waals surface area contributed by atoms with Crippen LogP contribution in [-0.4, -0.2) is 40.2 Å². The summed E-state index contributed by atoms with van der Waals surface area (Å²) in [5.74, 6) is 1.82. The molecule has 0 radical (unpaired) electrons. The molecule has 0 bridgehead atoms. The van der Waals surface area contributed by atoms with Crippen LogP contribution < -0.4 is 5.32 Å². The molecule has 1 fully saturated rings. The Kier molecular flexibility index (Phi) is 3.49. The van der Waals surface area contributed by atoms with E-state index in [2.05, 4.69) is 48.1 Å². The maximum atomic E-state index is 5.23. The zero-order valence-electron chi connectivity index (χ0n) is 11.2. The van der Waals surface area contributed by atoms with Gasteiger partial charge in [-0.15, -0.1) is 0 Å². The van der Waals surface area contributed by atoms with Crippen molar-refractivity contribution in [1.29, 1.82) is 0 Å². The van der Waals surface area contributed by atoms with Crippen LogP contribution in [0.3, 0.4) is 0 Å². The summed E-state index contributed by atoms with van der Waals surface area (Å²) in [5, 5.41) is 7.46. The van der Waals surface area contributed by atoms with Gasteiger partial charge >= 0.3 is 0 Å². The lowest BCUT2D eigenvalue weighted by atomic mass is 10.0. The second kappa shape index (κ2) is 4.74. The fourth-order valence-electron chi connectivity index (χ4n) is 2.05. The van der Waals surface area contributed by atoms with Gasteiger partial charge in [0.05, 0.1) is 6.54 Å². The lowest BCUT2D eigenvalue weighted by Gasteiger charge is -2.42. The Morgan fingerprint density at radius 3 is 2.82 bits per heavy atom. The topological polar surface area (TPSA) is 54.2 Å². The monoisotopic (exact) mass is 238 g/mol. The average Bonchev–Trinajstić information content (AvgIpc) is 2.70. The lowest BCUT2D eigenvalue weighted by Crippen LogP contribution is -2.57. The van der Waals surface area contributed by atoms with E-state index in [-0.39, 0.29) is 5.54 Å². The number of nitrogens with one attached hydrogen (secondary N) is 1. The van der Waals surface area contributed by atoms with E-state index in [1.165, 1.54) is 0 Å². The van der Waals surface area contributed by atoms with Crippen molar-refractivity contribution in [2.45, 2.75) is 45.7 Å². The molecule has 1 N–H and O–H groups in total.